The largest absolute Gasteiger partial charge is 0.489 e. The fraction of sp³-hybridized carbons (Fsp3) is 0.318. The van der Waals surface area contributed by atoms with Crippen LogP contribution in [0.4, 0.5) is 5.69 Å². The number of pyridine rings is 1. The third kappa shape index (κ3) is 3.51. The van der Waals surface area contributed by atoms with Crippen molar-refractivity contribution in [2.24, 2.45) is 0 Å². The van der Waals surface area contributed by atoms with E-state index in [1.54, 1.807) is 7.11 Å². The van der Waals surface area contributed by atoms with Gasteiger partial charge in [0.15, 0.2) is 0 Å². The second-order valence-electron chi connectivity index (χ2n) is 6.83. The number of hydrogen-bond acceptors (Lipinski definition) is 4. The molecule has 0 N–H and O–H groups in total. The van der Waals surface area contributed by atoms with E-state index >= 15 is 0 Å². The SMILES string of the molecule is CO[C@@H]1CCN(c2cc(C)nc3cc(OCc4ccccc4)ccc23)C1. The van der Waals surface area contributed by atoms with Crippen molar-refractivity contribution in [2.75, 3.05) is 25.1 Å². The fourth-order valence-corrected chi connectivity index (χ4v) is 3.55. The molecule has 4 nitrogen and oxygen atoms in total. The van der Waals surface area contributed by atoms with Crippen molar-refractivity contribution in [1.82, 2.24) is 4.98 Å². The van der Waals surface area contributed by atoms with E-state index in [1.807, 2.05) is 37.3 Å². The molecular formula is C22H24N2O2. The molecule has 2 heterocycles. The lowest BCUT2D eigenvalue weighted by molar-refractivity contribution is 0.121. The van der Waals surface area contributed by atoms with Gasteiger partial charge in [0.2, 0.25) is 0 Å². The summed E-state index contributed by atoms with van der Waals surface area (Å²) < 4.78 is 11.5. The van der Waals surface area contributed by atoms with Crippen molar-refractivity contribution in [3.8, 4) is 5.75 Å². The summed E-state index contributed by atoms with van der Waals surface area (Å²) in [5, 5.41) is 1.17. The number of aryl methyl sites for hydroxylation is 1. The normalized spacial score (nSPS) is 17.0. The van der Waals surface area contributed by atoms with Crippen LogP contribution in [0.5, 0.6) is 5.75 Å². The molecule has 1 aromatic heterocycles. The van der Waals surface area contributed by atoms with E-state index in [1.165, 1.54) is 11.1 Å². The molecule has 26 heavy (non-hydrogen) atoms. The van der Waals surface area contributed by atoms with Gasteiger partial charge in [-0.2, -0.15) is 0 Å². The zero-order valence-corrected chi connectivity index (χ0v) is 15.3. The van der Waals surface area contributed by atoms with Gasteiger partial charge in [0.1, 0.15) is 12.4 Å². The number of nitrogens with zero attached hydrogens (tertiary/aromatic N) is 2. The predicted molar refractivity (Wildman–Crippen MR) is 105 cm³/mol. The van der Waals surface area contributed by atoms with Gasteiger partial charge in [-0.05, 0) is 37.1 Å². The highest BCUT2D eigenvalue weighted by Crippen LogP contribution is 2.32. The molecule has 1 aliphatic heterocycles. The Morgan fingerprint density at radius 3 is 2.73 bits per heavy atom. The van der Waals surface area contributed by atoms with Crippen molar-refractivity contribution in [3.63, 3.8) is 0 Å². The lowest BCUT2D eigenvalue weighted by Crippen LogP contribution is -2.22. The number of fused-ring (bicyclic) bond motifs is 1. The Kier molecular flexibility index (Phi) is 4.76. The van der Waals surface area contributed by atoms with E-state index in [0.29, 0.717) is 12.7 Å². The van der Waals surface area contributed by atoms with Crippen LogP contribution in [0.2, 0.25) is 0 Å². The summed E-state index contributed by atoms with van der Waals surface area (Å²) in [7, 11) is 1.79. The van der Waals surface area contributed by atoms with Crippen molar-refractivity contribution >= 4 is 16.6 Å². The number of aromatic nitrogens is 1. The molecule has 1 saturated heterocycles. The molecule has 0 unspecified atom stereocenters. The maximum Gasteiger partial charge on any atom is 0.122 e. The summed E-state index contributed by atoms with van der Waals surface area (Å²) in [4.78, 5) is 7.12. The molecule has 1 aliphatic rings. The van der Waals surface area contributed by atoms with Crippen LogP contribution < -0.4 is 9.64 Å². The van der Waals surface area contributed by atoms with Crippen LogP contribution in [0.1, 0.15) is 17.7 Å². The van der Waals surface area contributed by atoms with Gasteiger partial charge < -0.3 is 14.4 Å². The highest BCUT2D eigenvalue weighted by atomic mass is 16.5. The number of rotatable bonds is 5. The molecule has 3 aromatic rings. The summed E-state index contributed by atoms with van der Waals surface area (Å²) >= 11 is 0. The van der Waals surface area contributed by atoms with E-state index in [4.69, 9.17) is 14.5 Å². The summed E-state index contributed by atoms with van der Waals surface area (Å²) in [6.45, 7) is 4.56. The van der Waals surface area contributed by atoms with Crippen molar-refractivity contribution in [3.05, 3.63) is 65.9 Å². The first-order valence-electron chi connectivity index (χ1n) is 9.09. The minimum Gasteiger partial charge on any atom is -0.489 e. The van der Waals surface area contributed by atoms with Gasteiger partial charge in [0.05, 0.1) is 11.6 Å². The third-order valence-electron chi connectivity index (χ3n) is 4.95. The standard InChI is InChI=1S/C22H24N2O2/c1-16-12-22(24-11-10-19(14-24)25-2)20-9-8-18(13-21(20)23-16)26-15-17-6-4-3-5-7-17/h3-9,12-13,19H,10-11,14-15H2,1-2H3/t19-/m1/s1. The monoisotopic (exact) mass is 348 g/mol. The molecule has 0 spiro atoms. The lowest BCUT2D eigenvalue weighted by Gasteiger charge is -2.21. The van der Waals surface area contributed by atoms with E-state index in [2.05, 4.69) is 29.2 Å². The minimum atomic E-state index is 0.312. The van der Waals surface area contributed by atoms with Gasteiger partial charge in [0, 0.05) is 43.0 Å². The molecule has 4 rings (SSSR count). The summed E-state index contributed by atoms with van der Waals surface area (Å²) in [5.41, 5.74) is 4.40. The van der Waals surface area contributed by atoms with Crippen LogP contribution in [0.3, 0.4) is 0 Å². The molecule has 0 radical (unpaired) electrons. The number of hydrogen-bond donors (Lipinski definition) is 0. The maximum absolute atomic E-state index is 5.97. The van der Waals surface area contributed by atoms with Crippen molar-refractivity contribution < 1.29 is 9.47 Å². The molecule has 0 saturated carbocycles. The second-order valence-corrected chi connectivity index (χ2v) is 6.83. The molecule has 1 atom stereocenters. The fourth-order valence-electron chi connectivity index (χ4n) is 3.55. The Balaban J connectivity index is 1.60. The van der Waals surface area contributed by atoms with Gasteiger partial charge >= 0.3 is 0 Å². The Labute approximate surface area is 154 Å². The number of benzene rings is 2. The number of anilines is 1. The average Bonchev–Trinajstić information content (AvgIpc) is 3.15. The van der Waals surface area contributed by atoms with Gasteiger partial charge in [0.25, 0.3) is 0 Å². The molecule has 2 aromatic carbocycles. The van der Waals surface area contributed by atoms with Gasteiger partial charge in [-0.1, -0.05) is 30.3 Å². The van der Waals surface area contributed by atoms with Crippen LogP contribution in [-0.4, -0.2) is 31.3 Å². The predicted octanol–water partition coefficient (Wildman–Crippen LogP) is 4.35. The first kappa shape index (κ1) is 16.9. The molecule has 0 bridgehead atoms. The van der Waals surface area contributed by atoms with Crippen LogP contribution in [0.15, 0.2) is 54.6 Å². The number of ether oxygens (including phenoxy) is 2. The smallest absolute Gasteiger partial charge is 0.122 e. The Morgan fingerprint density at radius 2 is 1.96 bits per heavy atom. The molecule has 1 fully saturated rings. The highest BCUT2D eigenvalue weighted by Gasteiger charge is 2.24. The Hall–Kier alpha value is -2.59. The van der Waals surface area contributed by atoms with Gasteiger partial charge in [-0.3, -0.25) is 4.98 Å². The lowest BCUT2D eigenvalue weighted by atomic mass is 10.1. The van der Waals surface area contributed by atoms with Crippen molar-refractivity contribution in [1.29, 1.82) is 0 Å². The van der Waals surface area contributed by atoms with E-state index in [9.17, 15) is 0 Å². The third-order valence-corrected chi connectivity index (χ3v) is 4.95. The average molecular weight is 348 g/mol. The van der Waals surface area contributed by atoms with E-state index < -0.39 is 0 Å². The quantitative estimate of drug-likeness (QED) is 0.687. The summed E-state index contributed by atoms with van der Waals surface area (Å²) in [6, 6.07) is 18.6. The van der Waals surface area contributed by atoms with Crippen LogP contribution in [0, 0.1) is 6.92 Å². The summed E-state index contributed by atoms with van der Waals surface area (Å²) in [5.74, 6) is 0.849. The first-order chi connectivity index (χ1) is 12.7. The zero-order valence-electron chi connectivity index (χ0n) is 15.3. The van der Waals surface area contributed by atoms with Crippen molar-refractivity contribution in [2.45, 2.75) is 26.1 Å². The number of methoxy groups -OCH3 is 1. The van der Waals surface area contributed by atoms with Crippen LogP contribution in [0.25, 0.3) is 10.9 Å². The van der Waals surface area contributed by atoms with E-state index in [0.717, 1.165) is 42.0 Å². The zero-order chi connectivity index (χ0) is 17.9. The molecule has 0 amide bonds. The highest BCUT2D eigenvalue weighted by molar-refractivity contribution is 5.93. The molecule has 134 valence electrons. The molecule has 0 aliphatic carbocycles. The second kappa shape index (κ2) is 7.34. The van der Waals surface area contributed by atoms with Crippen LogP contribution in [-0.2, 0) is 11.3 Å². The Morgan fingerprint density at radius 1 is 1.12 bits per heavy atom. The Bertz CT molecular complexity index is 895. The topological polar surface area (TPSA) is 34.6 Å². The van der Waals surface area contributed by atoms with E-state index in [-0.39, 0.29) is 0 Å². The van der Waals surface area contributed by atoms with Crippen LogP contribution >= 0.6 is 0 Å². The minimum absolute atomic E-state index is 0.312. The maximum atomic E-state index is 5.97. The first-order valence-corrected chi connectivity index (χ1v) is 9.09. The summed E-state index contributed by atoms with van der Waals surface area (Å²) in [6.07, 6.45) is 1.38. The molecular weight excluding hydrogens is 324 g/mol. The van der Waals surface area contributed by atoms with Gasteiger partial charge in [-0.25, -0.2) is 0 Å². The van der Waals surface area contributed by atoms with Gasteiger partial charge in [-0.15, -0.1) is 0 Å². The molecule has 4 heteroatoms.